The standard InChI is InChI=1S/C14H15F2NO2/c15-9-3-4-10(16)12-11(9)13(7-18)5-1-2-6-14(13,17)8-19-12/h3-4,7H,1-2,5-6,8,17H2/t13?,14-/m0/s1. The zero-order valence-electron chi connectivity index (χ0n) is 10.4. The van der Waals surface area contributed by atoms with Crippen LogP contribution in [0.15, 0.2) is 12.1 Å². The molecular weight excluding hydrogens is 252 g/mol. The van der Waals surface area contributed by atoms with Gasteiger partial charge in [0.15, 0.2) is 11.6 Å². The van der Waals surface area contributed by atoms with Gasteiger partial charge in [0, 0.05) is 5.56 Å². The zero-order valence-corrected chi connectivity index (χ0v) is 10.4. The molecule has 1 aromatic carbocycles. The van der Waals surface area contributed by atoms with Crippen molar-refractivity contribution in [1.29, 1.82) is 0 Å². The second kappa shape index (κ2) is 4.00. The van der Waals surface area contributed by atoms with Gasteiger partial charge in [-0.2, -0.15) is 0 Å². The van der Waals surface area contributed by atoms with Crippen molar-refractivity contribution in [3.63, 3.8) is 0 Å². The highest BCUT2D eigenvalue weighted by Gasteiger charge is 2.57. The number of carbonyl (C=O) groups excluding carboxylic acids is 1. The van der Waals surface area contributed by atoms with Crippen LogP contribution >= 0.6 is 0 Å². The second-order valence-corrected chi connectivity index (χ2v) is 5.47. The third-order valence-electron chi connectivity index (χ3n) is 4.51. The van der Waals surface area contributed by atoms with E-state index < -0.39 is 22.6 Å². The lowest BCUT2D eigenvalue weighted by atomic mass is 9.58. The Morgan fingerprint density at radius 1 is 1.21 bits per heavy atom. The third-order valence-corrected chi connectivity index (χ3v) is 4.51. The van der Waals surface area contributed by atoms with Crippen LogP contribution in [0.25, 0.3) is 0 Å². The molecule has 5 heteroatoms. The van der Waals surface area contributed by atoms with Crippen LogP contribution < -0.4 is 10.5 Å². The molecule has 2 atom stereocenters. The van der Waals surface area contributed by atoms with Crippen molar-refractivity contribution in [2.24, 2.45) is 5.73 Å². The van der Waals surface area contributed by atoms with Crippen LogP contribution in [0.3, 0.4) is 0 Å². The van der Waals surface area contributed by atoms with E-state index in [1.807, 2.05) is 0 Å². The highest BCUT2D eigenvalue weighted by Crippen LogP contribution is 2.51. The summed E-state index contributed by atoms with van der Waals surface area (Å²) in [5, 5.41) is 0. The summed E-state index contributed by atoms with van der Waals surface area (Å²) in [5.41, 5.74) is 4.17. The molecule has 1 aliphatic heterocycles. The maximum absolute atomic E-state index is 14.2. The molecule has 1 fully saturated rings. The largest absolute Gasteiger partial charge is 0.488 e. The number of nitrogens with two attached hydrogens (primary N) is 1. The van der Waals surface area contributed by atoms with Gasteiger partial charge in [0.2, 0.25) is 0 Å². The van der Waals surface area contributed by atoms with E-state index in [-0.39, 0.29) is 17.9 Å². The number of halogens is 2. The Bertz CT molecular complexity index is 548. The zero-order chi connectivity index (χ0) is 13.7. The van der Waals surface area contributed by atoms with Crippen LogP contribution in [0.2, 0.25) is 0 Å². The fourth-order valence-corrected chi connectivity index (χ4v) is 3.42. The second-order valence-electron chi connectivity index (χ2n) is 5.47. The summed E-state index contributed by atoms with van der Waals surface area (Å²) in [5.74, 6) is -1.43. The Hall–Kier alpha value is -1.49. The Kier molecular flexibility index (Phi) is 2.64. The summed E-state index contributed by atoms with van der Waals surface area (Å²) in [4.78, 5) is 11.7. The molecule has 3 nitrogen and oxygen atoms in total. The van der Waals surface area contributed by atoms with Crippen LogP contribution in [0.1, 0.15) is 31.2 Å². The van der Waals surface area contributed by atoms with Crippen LogP contribution in [0, 0.1) is 11.6 Å². The molecule has 19 heavy (non-hydrogen) atoms. The Morgan fingerprint density at radius 2 is 1.89 bits per heavy atom. The molecule has 0 radical (unpaired) electrons. The van der Waals surface area contributed by atoms with Crippen LogP contribution in [0.5, 0.6) is 5.75 Å². The first-order valence-electron chi connectivity index (χ1n) is 6.41. The van der Waals surface area contributed by atoms with Gasteiger partial charge >= 0.3 is 0 Å². The number of carbonyl (C=O) groups is 1. The summed E-state index contributed by atoms with van der Waals surface area (Å²) in [6.45, 7) is 0.0408. The van der Waals surface area contributed by atoms with Gasteiger partial charge in [-0.1, -0.05) is 12.8 Å². The van der Waals surface area contributed by atoms with Gasteiger partial charge < -0.3 is 15.3 Å². The molecule has 102 valence electrons. The highest BCUT2D eigenvalue weighted by molar-refractivity contribution is 5.75. The van der Waals surface area contributed by atoms with E-state index in [1.54, 1.807) is 0 Å². The van der Waals surface area contributed by atoms with Crippen molar-refractivity contribution in [3.05, 3.63) is 29.3 Å². The number of fused-ring (bicyclic) bond motifs is 3. The molecule has 0 aromatic heterocycles. The van der Waals surface area contributed by atoms with Crippen molar-refractivity contribution < 1.29 is 18.3 Å². The number of ether oxygens (including phenoxy) is 1. The van der Waals surface area contributed by atoms with Crippen molar-refractivity contribution in [1.82, 2.24) is 0 Å². The maximum Gasteiger partial charge on any atom is 0.165 e. The topological polar surface area (TPSA) is 52.3 Å². The Balaban J connectivity index is 2.30. The van der Waals surface area contributed by atoms with Crippen molar-refractivity contribution in [2.45, 2.75) is 36.6 Å². The molecular formula is C14H15F2NO2. The first-order valence-corrected chi connectivity index (χ1v) is 6.41. The minimum Gasteiger partial charge on any atom is -0.488 e. The van der Waals surface area contributed by atoms with E-state index in [9.17, 15) is 13.6 Å². The number of benzene rings is 1. The van der Waals surface area contributed by atoms with E-state index in [4.69, 9.17) is 10.5 Å². The number of hydrogen-bond acceptors (Lipinski definition) is 3. The van der Waals surface area contributed by atoms with E-state index in [0.29, 0.717) is 19.1 Å². The molecule has 2 N–H and O–H groups in total. The van der Waals surface area contributed by atoms with Gasteiger partial charge in [-0.3, -0.25) is 0 Å². The molecule has 0 saturated heterocycles. The molecule has 0 amide bonds. The number of rotatable bonds is 1. The molecule has 0 spiro atoms. The van der Waals surface area contributed by atoms with Crippen LogP contribution in [-0.4, -0.2) is 18.4 Å². The van der Waals surface area contributed by atoms with Crippen LogP contribution in [-0.2, 0) is 10.2 Å². The Labute approximate surface area is 109 Å². The lowest BCUT2D eigenvalue weighted by Gasteiger charge is -2.51. The predicted molar refractivity (Wildman–Crippen MR) is 65.0 cm³/mol. The number of hydrogen-bond donors (Lipinski definition) is 1. The quantitative estimate of drug-likeness (QED) is 0.792. The summed E-state index contributed by atoms with van der Waals surface area (Å²) >= 11 is 0. The molecule has 3 rings (SSSR count). The Morgan fingerprint density at radius 3 is 2.63 bits per heavy atom. The summed E-state index contributed by atoms with van der Waals surface area (Å²) < 4.78 is 33.3. The van der Waals surface area contributed by atoms with Gasteiger partial charge in [-0.15, -0.1) is 0 Å². The summed E-state index contributed by atoms with van der Waals surface area (Å²) in [6, 6.07) is 2.04. The van der Waals surface area contributed by atoms with E-state index in [1.165, 1.54) is 0 Å². The van der Waals surface area contributed by atoms with Gasteiger partial charge in [0.1, 0.15) is 18.7 Å². The fraction of sp³-hybridized carbons (Fsp3) is 0.500. The van der Waals surface area contributed by atoms with E-state index in [0.717, 1.165) is 25.0 Å². The van der Waals surface area contributed by atoms with Gasteiger partial charge in [-0.25, -0.2) is 8.78 Å². The lowest BCUT2D eigenvalue weighted by Crippen LogP contribution is -2.66. The molecule has 1 aliphatic carbocycles. The average Bonchev–Trinajstić information content (AvgIpc) is 2.41. The lowest BCUT2D eigenvalue weighted by molar-refractivity contribution is -0.118. The minimum absolute atomic E-state index is 0.00375. The summed E-state index contributed by atoms with van der Waals surface area (Å²) in [7, 11) is 0. The molecule has 1 unspecified atom stereocenters. The number of aldehydes is 1. The van der Waals surface area contributed by atoms with E-state index in [2.05, 4.69) is 0 Å². The van der Waals surface area contributed by atoms with Crippen molar-refractivity contribution in [2.75, 3.05) is 6.61 Å². The normalized spacial score (nSPS) is 33.0. The van der Waals surface area contributed by atoms with Gasteiger partial charge in [0.05, 0.1) is 11.0 Å². The van der Waals surface area contributed by atoms with Crippen molar-refractivity contribution in [3.8, 4) is 5.75 Å². The SMILES string of the molecule is N[C@]12CCCCC1(C=O)c1c(F)ccc(F)c1OC2. The van der Waals surface area contributed by atoms with Crippen LogP contribution in [0.4, 0.5) is 8.78 Å². The summed E-state index contributed by atoms with van der Waals surface area (Å²) in [6.07, 6.45) is 3.33. The first-order chi connectivity index (χ1) is 9.04. The van der Waals surface area contributed by atoms with E-state index >= 15 is 0 Å². The fourth-order valence-electron chi connectivity index (χ4n) is 3.42. The maximum atomic E-state index is 14.2. The van der Waals surface area contributed by atoms with Gasteiger partial charge in [-0.05, 0) is 25.0 Å². The first kappa shape index (κ1) is 12.5. The molecule has 1 saturated carbocycles. The van der Waals surface area contributed by atoms with Crippen molar-refractivity contribution >= 4 is 6.29 Å². The highest BCUT2D eigenvalue weighted by atomic mass is 19.1. The smallest absolute Gasteiger partial charge is 0.165 e. The predicted octanol–water partition coefficient (Wildman–Crippen LogP) is 2.07. The molecule has 2 aliphatic rings. The minimum atomic E-state index is -1.18. The molecule has 1 aromatic rings. The third kappa shape index (κ3) is 1.48. The average molecular weight is 267 g/mol. The molecule has 1 heterocycles. The molecule has 0 bridgehead atoms. The van der Waals surface area contributed by atoms with Gasteiger partial charge in [0.25, 0.3) is 0 Å². The monoisotopic (exact) mass is 267 g/mol.